The number of hydrogen-bond donors (Lipinski definition) is 0. The van der Waals surface area contributed by atoms with Crippen LogP contribution in [0.3, 0.4) is 0 Å². The maximum Gasteiger partial charge on any atom is 0.165 e. The summed E-state index contributed by atoms with van der Waals surface area (Å²) in [6.45, 7) is 13.6. The van der Waals surface area contributed by atoms with Gasteiger partial charge in [0.2, 0.25) is 0 Å². The van der Waals surface area contributed by atoms with E-state index < -0.39 is 0 Å². The van der Waals surface area contributed by atoms with E-state index in [0.717, 1.165) is 45.9 Å². The molecule has 5 aromatic rings. The summed E-state index contributed by atoms with van der Waals surface area (Å²) in [4.78, 5) is 5.06. The average Bonchev–Trinajstić information content (AvgIpc) is 3.26. The molecule has 0 aliphatic rings. The van der Waals surface area contributed by atoms with Gasteiger partial charge in [0.15, 0.2) is 5.65 Å². The maximum atomic E-state index is 5.33. The molecule has 0 aliphatic heterocycles. The fourth-order valence-electron chi connectivity index (χ4n) is 5.12. The molecule has 5 rings (SSSR count). The highest BCUT2D eigenvalue weighted by atomic mass is 16.5. The van der Waals surface area contributed by atoms with Gasteiger partial charge in [0.1, 0.15) is 11.4 Å². The number of nitrogens with zero attached hydrogens (tertiary/aromatic N) is 4. The molecule has 0 N–H and O–H groups in total. The van der Waals surface area contributed by atoms with Crippen LogP contribution in [0, 0.1) is 41.5 Å². The van der Waals surface area contributed by atoms with Crippen LogP contribution < -0.4 is 4.74 Å². The summed E-state index contributed by atoms with van der Waals surface area (Å²) in [7, 11) is 1.69. The van der Waals surface area contributed by atoms with Gasteiger partial charge in [0.25, 0.3) is 0 Å². The summed E-state index contributed by atoms with van der Waals surface area (Å²) in [6, 6.07) is 15.0. The van der Waals surface area contributed by atoms with E-state index in [9.17, 15) is 0 Å². The Labute approximate surface area is 194 Å². The van der Waals surface area contributed by atoms with E-state index in [4.69, 9.17) is 14.8 Å². The Bertz CT molecular complexity index is 1500. The summed E-state index contributed by atoms with van der Waals surface area (Å²) in [6.07, 6.45) is 0. The second kappa shape index (κ2) is 7.77. The van der Waals surface area contributed by atoms with Crippen molar-refractivity contribution in [2.75, 3.05) is 7.11 Å². The van der Waals surface area contributed by atoms with Crippen molar-refractivity contribution in [3.63, 3.8) is 0 Å². The highest BCUT2D eigenvalue weighted by molar-refractivity contribution is 5.90. The number of aryl methyl sites for hydroxylation is 6. The minimum Gasteiger partial charge on any atom is -0.497 e. The van der Waals surface area contributed by atoms with Gasteiger partial charge in [-0.2, -0.15) is 9.61 Å². The van der Waals surface area contributed by atoms with E-state index in [1.165, 1.54) is 33.5 Å². The Hall–Kier alpha value is -3.60. The molecule has 2 aromatic carbocycles. The molecule has 0 saturated carbocycles. The molecular formula is C28H30N4O. The Morgan fingerprint density at radius 2 is 1.48 bits per heavy atom. The quantitative estimate of drug-likeness (QED) is 0.333. The zero-order valence-electron chi connectivity index (χ0n) is 20.4. The molecule has 0 aliphatic carbocycles. The predicted molar refractivity (Wildman–Crippen MR) is 134 cm³/mol. The zero-order chi connectivity index (χ0) is 23.4. The third-order valence-corrected chi connectivity index (χ3v) is 6.60. The number of hydrogen-bond acceptors (Lipinski definition) is 3. The van der Waals surface area contributed by atoms with Gasteiger partial charge in [0, 0.05) is 17.6 Å². The molecule has 0 atom stereocenters. The number of ether oxygens (including phenoxy) is 1. The van der Waals surface area contributed by atoms with Crippen LogP contribution in [0.25, 0.3) is 27.8 Å². The SMILES string of the molecule is COc1ccc(Cn2c(C)cc3c(C)nc4c(-c5c(C)cc(C)cc5C)c(C)nn4c32)cc1. The summed E-state index contributed by atoms with van der Waals surface area (Å²) in [5.41, 5.74) is 12.6. The summed E-state index contributed by atoms with van der Waals surface area (Å²) in [5.74, 6) is 0.867. The van der Waals surface area contributed by atoms with E-state index in [1.54, 1.807) is 7.11 Å². The molecular weight excluding hydrogens is 408 g/mol. The Balaban J connectivity index is 1.77. The van der Waals surface area contributed by atoms with Crippen molar-refractivity contribution in [1.29, 1.82) is 0 Å². The second-order valence-corrected chi connectivity index (χ2v) is 9.12. The molecule has 0 bridgehead atoms. The molecule has 0 fully saturated rings. The molecule has 0 saturated heterocycles. The highest BCUT2D eigenvalue weighted by Crippen LogP contribution is 2.36. The summed E-state index contributed by atoms with van der Waals surface area (Å²) < 4.78 is 9.71. The van der Waals surface area contributed by atoms with Gasteiger partial charge in [-0.05, 0) is 82.0 Å². The van der Waals surface area contributed by atoms with Gasteiger partial charge < -0.3 is 9.30 Å². The first-order chi connectivity index (χ1) is 15.8. The van der Waals surface area contributed by atoms with E-state index in [-0.39, 0.29) is 0 Å². The van der Waals surface area contributed by atoms with E-state index in [0.29, 0.717) is 0 Å². The van der Waals surface area contributed by atoms with Crippen LogP contribution in [-0.2, 0) is 6.54 Å². The lowest BCUT2D eigenvalue weighted by Gasteiger charge is -2.12. The molecule has 3 heterocycles. The molecule has 0 radical (unpaired) electrons. The van der Waals surface area contributed by atoms with Crippen LogP contribution >= 0.6 is 0 Å². The van der Waals surface area contributed by atoms with Crippen LogP contribution in [0.4, 0.5) is 0 Å². The number of fused-ring (bicyclic) bond motifs is 3. The highest BCUT2D eigenvalue weighted by Gasteiger charge is 2.22. The van der Waals surface area contributed by atoms with Crippen LogP contribution in [-0.4, -0.2) is 26.3 Å². The van der Waals surface area contributed by atoms with Crippen molar-refractivity contribution in [1.82, 2.24) is 19.2 Å². The predicted octanol–water partition coefficient (Wildman–Crippen LogP) is 6.26. The average molecular weight is 439 g/mol. The van der Waals surface area contributed by atoms with Crippen molar-refractivity contribution < 1.29 is 4.74 Å². The molecule has 3 aromatic heterocycles. The van der Waals surface area contributed by atoms with Gasteiger partial charge >= 0.3 is 0 Å². The first-order valence-corrected chi connectivity index (χ1v) is 11.4. The van der Waals surface area contributed by atoms with Crippen molar-refractivity contribution >= 4 is 16.7 Å². The Kier molecular flexibility index (Phi) is 5.00. The topological polar surface area (TPSA) is 44.3 Å². The van der Waals surface area contributed by atoms with Crippen molar-refractivity contribution in [3.05, 3.63) is 81.8 Å². The number of methoxy groups -OCH3 is 1. The van der Waals surface area contributed by atoms with Gasteiger partial charge in [-0.3, -0.25) is 0 Å². The molecule has 0 spiro atoms. The fraction of sp³-hybridized carbons (Fsp3) is 0.286. The third kappa shape index (κ3) is 3.39. The monoisotopic (exact) mass is 438 g/mol. The van der Waals surface area contributed by atoms with E-state index in [2.05, 4.69) is 76.4 Å². The van der Waals surface area contributed by atoms with Crippen LogP contribution in [0.15, 0.2) is 42.5 Å². The molecule has 0 unspecified atom stereocenters. The van der Waals surface area contributed by atoms with Crippen LogP contribution in [0.5, 0.6) is 5.75 Å². The largest absolute Gasteiger partial charge is 0.497 e. The second-order valence-electron chi connectivity index (χ2n) is 9.12. The van der Waals surface area contributed by atoms with Crippen molar-refractivity contribution in [2.45, 2.75) is 48.1 Å². The standard InChI is InChI=1S/C28H30N4O/c1-16-12-17(2)25(18(3)13-16)26-21(6)30-32-27(26)29-20(5)24-14-19(4)31(28(24)32)15-22-8-10-23(33-7)11-9-22/h8-14H,15H2,1-7H3. The summed E-state index contributed by atoms with van der Waals surface area (Å²) in [5, 5.41) is 6.16. The molecule has 5 nitrogen and oxygen atoms in total. The minimum absolute atomic E-state index is 0.759. The van der Waals surface area contributed by atoms with Crippen molar-refractivity contribution in [2.24, 2.45) is 0 Å². The molecule has 5 heteroatoms. The lowest BCUT2D eigenvalue weighted by atomic mass is 9.94. The van der Waals surface area contributed by atoms with Crippen LogP contribution in [0.2, 0.25) is 0 Å². The minimum atomic E-state index is 0.759. The normalized spacial score (nSPS) is 11.6. The number of rotatable bonds is 4. The maximum absolute atomic E-state index is 5.33. The smallest absolute Gasteiger partial charge is 0.165 e. The first-order valence-electron chi connectivity index (χ1n) is 11.4. The Morgan fingerprint density at radius 3 is 2.12 bits per heavy atom. The Morgan fingerprint density at radius 1 is 0.818 bits per heavy atom. The lowest BCUT2D eigenvalue weighted by Crippen LogP contribution is -2.06. The molecule has 168 valence electrons. The lowest BCUT2D eigenvalue weighted by molar-refractivity contribution is 0.414. The number of aromatic nitrogens is 4. The fourth-order valence-corrected chi connectivity index (χ4v) is 5.12. The van der Waals surface area contributed by atoms with Gasteiger partial charge in [-0.1, -0.05) is 29.8 Å². The molecule has 33 heavy (non-hydrogen) atoms. The van der Waals surface area contributed by atoms with Gasteiger partial charge in [-0.25, -0.2) is 4.98 Å². The third-order valence-electron chi connectivity index (χ3n) is 6.60. The first kappa shape index (κ1) is 21.3. The van der Waals surface area contributed by atoms with E-state index in [1.807, 2.05) is 16.6 Å². The van der Waals surface area contributed by atoms with Crippen molar-refractivity contribution in [3.8, 4) is 16.9 Å². The molecule has 0 amide bonds. The zero-order valence-corrected chi connectivity index (χ0v) is 20.4. The number of benzene rings is 2. The van der Waals surface area contributed by atoms with E-state index >= 15 is 0 Å². The van der Waals surface area contributed by atoms with Crippen LogP contribution in [0.1, 0.15) is 39.3 Å². The summed E-state index contributed by atoms with van der Waals surface area (Å²) >= 11 is 0. The van der Waals surface area contributed by atoms with Gasteiger partial charge in [0.05, 0.1) is 24.1 Å². The van der Waals surface area contributed by atoms with Gasteiger partial charge in [-0.15, -0.1) is 0 Å².